The summed E-state index contributed by atoms with van der Waals surface area (Å²) in [5, 5.41) is 24.0. The van der Waals surface area contributed by atoms with Crippen LogP contribution >= 0.6 is 0 Å². The summed E-state index contributed by atoms with van der Waals surface area (Å²) < 4.78 is 28.1. The highest BCUT2D eigenvalue weighted by Crippen LogP contribution is 2.30. The van der Waals surface area contributed by atoms with E-state index in [1.54, 1.807) is 47.0 Å². The highest BCUT2D eigenvalue weighted by atomic mass is 19.1. The number of ether oxygens (including phenoxy) is 2. The van der Waals surface area contributed by atoms with E-state index in [-0.39, 0.29) is 36.0 Å². The van der Waals surface area contributed by atoms with Crippen LogP contribution in [0.2, 0.25) is 0 Å². The molecule has 1 amide bonds. The maximum Gasteiger partial charge on any atom is 0.407 e. The molecule has 5 aromatic rings. The van der Waals surface area contributed by atoms with Gasteiger partial charge in [-0.3, -0.25) is 4.40 Å². The fourth-order valence-electron chi connectivity index (χ4n) is 6.65. The third-order valence-corrected chi connectivity index (χ3v) is 9.56. The lowest BCUT2D eigenvalue weighted by molar-refractivity contribution is 0.0863. The van der Waals surface area contributed by atoms with Gasteiger partial charge in [-0.05, 0) is 92.5 Å². The normalized spacial score (nSPS) is 15.1. The molecular formula is C43H49FN4O5. The standard InChI is InChI=1S/C43H49FN4O5/c44-36-27-32(19-24-40(36)52-26-14-7-2-1-6-13-25-45-43(51)53-35-17-11-4-3-5-12-18-35)29-38-42(50)48-30-39(33-20-22-34(49)23-21-33)46-37(41(48)47-38)28-31-15-9-8-10-16-31/h3-4,8-10,15-16,19-24,27,30,35,49-50H,1-2,5-7,11-14,17-18,25-26,28-29H2,(H,45,51)/b4-3+. The Bertz CT molecular complexity index is 1960. The van der Waals surface area contributed by atoms with Gasteiger partial charge in [0.1, 0.15) is 17.5 Å². The number of aromatic hydroxyl groups is 2. The van der Waals surface area contributed by atoms with Crippen molar-refractivity contribution in [3.8, 4) is 28.6 Å². The van der Waals surface area contributed by atoms with E-state index in [0.717, 1.165) is 81.8 Å². The third kappa shape index (κ3) is 10.8. The van der Waals surface area contributed by atoms with Crippen LogP contribution in [-0.4, -0.2) is 49.9 Å². The Labute approximate surface area is 310 Å². The van der Waals surface area contributed by atoms with Crippen molar-refractivity contribution in [1.29, 1.82) is 0 Å². The topological polar surface area (TPSA) is 118 Å². The number of fused-ring (bicyclic) bond motifs is 1. The first-order valence-corrected chi connectivity index (χ1v) is 18.9. The van der Waals surface area contributed by atoms with E-state index in [1.165, 1.54) is 6.07 Å². The quantitative estimate of drug-likeness (QED) is 0.0687. The second kappa shape index (κ2) is 18.9. The van der Waals surface area contributed by atoms with Crippen LogP contribution in [0.1, 0.15) is 93.1 Å². The summed E-state index contributed by atoms with van der Waals surface area (Å²) >= 11 is 0. The smallest absolute Gasteiger partial charge is 0.407 e. The molecular weight excluding hydrogens is 671 g/mol. The Morgan fingerprint density at radius 3 is 2.40 bits per heavy atom. The molecule has 1 atom stereocenters. The highest BCUT2D eigenvalue weighted by Gasteiger charge is 2.19. The molecule has 53 heavy (non-hydrogen) atoms. The molecule has 2 heterocycles. The second-order valence-electron chi connectivity index (χ2n) is 13.7. The zero-order valence-corrected chi connectivity index (χ0v) is 30.2. The van der Waals surface area contributed by atoms with Crippen LogP contribution in [0, 0.1) is 5.82 Å². The number of hydrogen-bond acceptors (Lipinski definition) is 7. The number of allylic oxidation sites excluding steroid dienone is 2. The second-order valence-corrected chi connectivity index (χ2v) is 13.7. The number of nitrogens with one attached hydrogen (secondary N) is 1. The zero-order chi connectivity index (χ0) is 36.8. The predicted molar refractivity (Wildman–Crippen MR) is 204 cm³/mol. The minimum atomic E-state index is -0.454. The number of imidazole rings is 1. The van der Waals surface area contributed by atoms with Crippen molar-refractivity contribution in [2.45, 2.75) is 89.6 Å². The monoisotopic (exact) mass is 720 g/mol. The van der Waals surface area contributed by atoms with E-state index < -0.39 is 5.82 Å². The molecule has 0 saturated carbocycles. The summed E-state index contributed by atoms with van der Waals surface area (Å²) in [6.07, 6.45) is 17.3. The average Bonchev–Trinajstić information content (AvgIpc) is 3.46. The van der Waals surface area contributed by atoms with Gasteiger partial charge in [0.05, 0.1) is 18.0 Å². The zero-order valence-electron chi connectivity index (χ0n) is 30.2. The fraction of sp³-hybridized carbons (Fsp3) is 0.372. The van der Waals surface area contributed by atoms with Gasteiger partial charge in [-0.15, -0.1) is 0 Å². The van der Waals surface area contributed by atoms with Crippen molar-refractivity contribution in [2.24, 2.45) is 0 Å². The first-order chi connectivity index (χ1) is 25.9. The molecule has 3 aromatic carbocycles. The van der Waals surface area contributed by atoms with Crippen LogP contribution in [0.5, 0.6) is 17.4 Å². The van der Waals surface area contributed by atoms with Gasteiger partial charge in [0.15, 0.2) is 17.2 Å². The number of benzene rings is 3. The number of amides is 1. The summed E-state index contributed by atoms with van der Waals surface area (Å²) in [6, 6.07) is 21.5. The van der Waals surface area contributed by atoms with E-state index in [2.05, 4.69) is 17.5 Å². The molecule has 0 spiro atoms. The van der Waals surface area contributed by atoms with Gasteiger partial charge in [0.25, 0.3) is 0 Å². The van der Waals surface area contributed by atoms with Gasteiger partial charge >= 0.3 is 6.09 Å². The van der Waals surface area contributed by atoms with Gasteiger partial charge in [-0.25, -0.2) is 19.2 Å². The minimum absolute atomic E-state index is 0.0114. The van der Waals surface area contributed by atoms with Gasteiger partial charge in [-0.2, -0.15) is 0 Å². The molecule has 0 bridgehead atoms. The number of halogens is 1. The molecule has 6 rings (SSSR count). The van der Waals surface area contributed by atoms with Crippen molar-refractivity contribution in [1.82, 2.24) is 19.7 Å². The number of unbranched alkanes of at least 4 members (excludes halogenated alkanes) is 5. The number of carbonyl (C=O) groups is 1. The van der Waals surface area contributed by atoms with Crippen LogP contribution in [0.15, 0.2) is 91.1 Å². The van der Waals surface area contributed by atoms with E-state index in [9.17, 15) is 15.0 Å². The Morgan fingerprint density at radius 2 is 1.58 bits per heavy atom. The summed E-state index contributed by atoms with van der Waals surface area (Å²) in [7, 11) is 0. The molecule has 278 valence electrons. The first kappa shape index (κ1) is 37.4. The van der Waals surface area contributed by atoms with E-state index in [1.807, 2.05) is 30.3 Å². The number of hydrogen-bond donors (Lipinski definition) is 3. The molecule has 0 saturated heterocycles. The molecule has 3 N–H and O–H groups in total. The van der Waals surface area contributed by atoms with E-state index in [4.69, 9.17) is 19.4 Å². The number of carbonyl (C=O) groups excluding carboxylic acids is 1. The summed E-state index contributed by atoms with van der Waals surface area (Å²) in [5.41, 5.74) is 4.74. The molecule has 1 unspecified atom stereocenters. The number of phenolic OH excluding ortho intramolecular Hbond substituents is 1. The van der Waals surface area contributed by atoms with Crippen LogP contribution in [0.3, 0.4) is 0 Å². The molecule has 0 aliphatic heterocycles. The molecule has 9 nitrogen and oxygen atoms in total. The van der Waals surface area contributed by atoms with Crippen LogP contribution in [0.4, 0.5) is 9.18 Å². The highest BCUT2D eigenvalue weighted by molar-refractivity contribution is 5.67. The van der Waals surface area contributed by atoms with Gasteiger partial charge in [-0.1, -0.05) is 74.2 Å². The maximum absolute atomic E-state index is 15.1. The first-order valence-electron chi connectivity index (χ1n) is 18.9. The lowest BCUT2D eigenvalue weighted by Crippen LogP contribution is -2.30. The predicted octanol–water partition coefficient (Wildman–Crippen LogP) is 9.46. The number of aromatic nitrogens is 3. The van der Waals surface area contributed by atoms with Crippen molar-refractivity contribution >= 4 is 11.7 Å². The van der Waals surface area contributed by atoms with Gasteiger partial charge in [0.2, 0.25) is 5.88 Å². The minimum Gasteiger partial charge on any atom is -0.508 e. The van der Waals surface area contributed by atoms with Gasteiger partial charge < -0.3 is 25.0 Å². The number of phenols is 1. The summed E-state index contributed by atoms with van der Waals surface area (Å²) in [5.74, 6) is -0.129. The maximum atomic E-state index is 15.1. The Balaban J connectivity index is 0.959. The van der Waals surface area contributed by atoms with Crippen molar-refractivity contribution in [2.75, 3.05) is 13.2 Å². The van der Waals surface area contributed by atoms with Crippen molar-refractivity contribution in [3.05, 3.63) is 119 Å². The van der Waals surface area contributed by atoms with Crippen LogP contribution in [-0.2, 0) is 17.6 Å². The summed E-state index contributed by atoms with van der Waals surface area (Å²) in [6.45, 7) is 1.05. The Hall–Kier alpha value is -5.38. The SMILES string of the molecule is O=C(NCCCCCCCCOc1ccc(Cc2nc3c(Cc4ccccc4)nc(-c4ccc(O)cc4)cn3c2O)cc1F)OC1CC/C=C/CCC1. The number of nitrogens with zero attached hydrogens (tertiary/aromatic N) is 3. The van der Waals surface area contributed by atoms with Gasteiger partial charge in [0, 0.05) is 31.1 Å². The fourth-order valence-corrected chi connectivity index (χ4v) is 6.65. The van der Waals surface area contributed by atoms with Crippen LogP contribution < -0.4 is 10.1 Å². The van der Waals surface area contributed by atoms with Crippen molar-refractivity contribution < 1.29 is 28.9 Å². The average molecular weight is 721 g/mol. The lowest BCUT2D eigenvalue weighted by Gasteiger charge is -2.18. The number of alkyl carbamates (subject to hydrolysis) is 1. The largest absolute Gasteiger partial charge is 0.508 e. The Morgan fingerprint density at radius 1 is 0.830 bits per heavy atom. The molecule has 1 aliphatic carbocycles. The Kier molecular flexibility index (Phi) is 13.3. The van der Waals surface area contributed by atoms with Crippen molar-refractivity contribution in [3.63, 3.8) is 0 Å². The van der Waals surface area contributed by atoms with Crippen LogP contribution in [0.25, 0.3) is 16.9 Å². The molecule has 0 fully saturated rings. The number of rotatable bonds is 16. The molecule has 10 heteroatoms. The molecule has 0 radical (unpaired) electrons. The van der Waals surface area contributed by atoms with E-state index in [0.29, 0.717) is 47.9 Å². The van der Waals surface area contributed by atoms with E-state index >= 15 is 4.39 Å². The molecule has 1 aliphatic rings. The molecule has 2 aromatic heterocycles. The lowest BCUT2D eigenvalue weighted by atomic mass is 10.0. The summed E-state index contributed by atoms with van der Waals surface area (Å²) in [4.78, 5) is 21.8. The third-order valence-electron chi connectivity index (χ3n) is 9.56.